The number of rotatable bonds is 6. The van der Waals surface area contributed by atoms with Gasteiger partial charge in [-0.1, -0.05) is 0 Å². The summed E-state index contributed by atoms with van der Waals surface area (Å²) in [6, 6.07) is 0. The lowest BCUT2D eigenvalue weighted by atomic mass is 9.98. The topological polar surface area (TPSA) is 84.2 Å². The Morgan fingerprint density at radius 2 is 1.95 bits per heavy atom. The van der Waals surface area contributed by atoms with Crippen LogP contribution in [0.1, 0.15) is 36.2 Å². The van der Waals surface area contributed by atoms with Crippen LogP contribution in [0.2, 0.25) is 0 Å². The van der Waals surface area contributed by atoms with Gasteiger partial charge in [0.25, 0.3) is 0 Å². The molecule has 0 radical (unpaired) electrons. The lowest BCUT2D eigenvalue weighted by Crippen LogP contribution is -2.30. The van der Waals surface area contributed by atoms with E-state index < -0.39 is 30.5 Å². The molecule has 0 spiro atoms. The first-order chi connectivity index (χ1) is 10.0. The zero-order valence-corrected chi connectivity index (χ0v) is 12.5. The van der Waals surface area contributed by atoms with E-state index in [1.807, 2.05) is 0 Å². The Kier molecular flexibility index (Phi) is 5.56. The van der Waals surface area contributed by atoms with Crippen LogP contribution in [0.4, 0.5) is 13.2 Å². The number of carbonyl (C=O) groups excluding carboxylic acids is 1. The summed E-state index contributed by atoms with van der Waals surface area (Å²) >= 11 is 0. The molecule has 1 unspecified atom stereocenters. The third-order valence-corrected chi connectivity index (χ3v) is 3.23. The van der Waals surface area contributed by atoms with Gasteiger partial charge in [0.2, 0.25) is 5.91 Å². The molecule has 1 amide bonds. The van der Waals surface area contributed by atoms with Crippen molar-refractivity contribution >= 4 is 11.9 Å². The number of carbonyl (C=O) groups is 2. The minimum atomic E-state index is -4.40. The molecule has 2 N–H and O–H groups in total. The van der Waals surface area contributed by atoms with Crippen molar-refractivity contribution < 1.29 is 27.9 Å². The van der Waals surface area contributed by atoms with Crippen LogP contribution in [-0.2, 0) is 16.1 Å². The van der Waals surface area contributed by atoms with E-state index in [0.717, 1.165) is 4.68 Å². The van der Waals surface area contributed by atoms with E-state index in [4.69, 9.17) is 5.11 Å². The third kappa shape index (κ3) is 4.74. The Morgan fingerprint density at radius 3 is 2.45 bits per heavy atom. The molecule has 22 heavy (non-hydrogen) atoms. The highest BCUT2D eigenvalue weighted by atomic mass is 19.4. The van der Waals surface area contributed by atoms with E-state index in [9.17, 15) is 22.8 Å². The maximum Gasteiger partial charge on any atom is 0.408 e. The van der Waals surface area contributed by atoms with E-state index in [2.05, 4.69) is 10.4 Å². The zero-order chi connectivity index (χ0) is 17.1. The molecule has 124 valence electrons. The highest BCUT2D eigenvalue weighted by Gasteiger charge is 2.31. The number of halogens is 3. The SMILES string of the molecule is Cc1nn(CC(F)(F)F)c(C)c1C(C)C(=O)NCCC(=O)O. The van der Waals surface area contributed by atoms with Gasteiger partial charge in [-0.25, -0.2) is 0 Å². The van der Waals surface area contributed by atoms with Gasteiger partial charge in [-0.2, -0.15) is 18.3 Å². The summed E-state index contributed by atoms with van der Waals surface area (Å²) in [5.74, 6) is -2.20. The summed E-state index contributed by atoms with van der Waals surface area (Å²) in [7, 11) is 0. The maximum absolute atomic E-state index is 12.5. The first-order valence-electron chi connectivity index (χ1n) is 6.63. The molecule has 1 rings (SSSR count). The summed E-state index contributed by atoms with van der Waals surface area (Å²) in [6.07, 6.45) is -4.61. The average molecular weight is 321 g/mol. The van der Waals surface area contributed by atoms with Crippen molar-refractivity contribution in [2.75, 3.05) is 6.54 Å². The second kappa shape index (κ2) is 6.80. The molecule has 0 fully saturated rings. The first kappa shape index (κ1) is 18.0. The number of nitrogens with one attached hydrogen (secondary N) is 1. The summed E-state index contributed by atoms with van der Waals surface area (Å²) in [5, 5.41) is 14.8. The van der Waals surface area contributed by atoms with Crippen molar-refractivity contribution in [3.63, 3.8) is 0 Å². The predicted molar refractivity (Wildman–Crippen MR) is 71.4 cm³/mol. The number of amides is 1. The molecule has 1 heterocycles. The Balaban J connectivity index is 2.87. The molecule has 0 aliphatic heterocycles. The van der Waals surface area contributed by atoms with Crippen molar-refractivity contribution in [3.05, 3.63) is 17.0 Å². The highest BCUT2D eigenvalue weighted by Crippen LogP contribution is 2.26. The summed E-state index contributed by atoms with van der Waals surface area (Å²) in [5.41, 5.74) is 1.05. The Labute approximate surface area is 125 Å². The molecule has 1 atom stereocenters. The van der Waals surface area contributed by atoms with Gasteiger partial charge in [-0.05, 0) is 20.8 Å². The molecule has 0 saturated carbocycles. The Bertz CT molecular complexity index is 567. The zero-order valence-electron chi connectivity index (χ0n) is 12.5. The van der Waals surface area contributed by atoms with Crippen molar-refractivity contribution in [1.82, 2.24) is 15.1 Å². The van der Waals surface area contributed by atoms with Crippen LogP contribution in [0.25, 0.3) is 0 Å². The second-order valence-corrected chi connectivity index (χ2v) is 5.01. The Morgan fingerprint density at radius 1 is 1.36 bits per heavy atom. The molecular weight excluding hydrogens is 303 g/mol. The monoisotopic (exact) mass is 321 g/mol. The molecule has 0 saturated heterocycles. The van der Waals surface area contributed by atoms with Crippen LogP contribution in [0.15, 0.2) is 0 Å². The van der Waals surface area contributed by atoms with Crippen molar-refractivity contribution in [2.45, 2.75) is 45.8 Å². The first-order valence-corrected chi connectivity index (χ1v) is 6.63. The van der Waals surface area contributed by atoms with Gasteiger partial charge in [0.05, 0.1) is 18.0 Å². The fourth-order valence-electron chi connectivity index (χ4n) is 2.24. The normalized spacial score (nSPS) is 13.0. The maximum atomic E-state index is 12.5. The van der Waals surface area contributed by atoms with Crippen molar-refractivity contribution in [1.29, 1.82) is 0 Å². The van der Waals surface area contributed by atoms with Crippen LogP contribution >= 0.6 is 0 Å². The van der Waals surface area contributed by atoms with Crippen LogP contribution in [0.3, 0.4) is 0 Å². The Hall–Kier alpha value is -2.06. The van der Waals surface area contributed by atoms with Crippen molar-refractivity contribution in [2.24, 2.45) is 0 Å². The molecular formula is C13H18F3N3O3. The molecule has 1 aromatic rings. The molecule has 0 bridgehead atoms. The van der Waals surface area contributed by atoms with E-state index in [0.29, 0.717) is 11.3 Å². The van der Waals surface area contributed by atoms with Gasteiger partial charge >= 0.3 is 12.1 Å². The highest BCUT2D eigenvalue weighted by molar-refractivity contribution is 5.84. The number of aromatic nitrogens is 2. The second-order valence-electron chi connectivity index (χ2n) is 5.01. The summed E-state index contributed by atoms with van der Waals surface area (Å²) in [6.45, 7) is 3.31. The van der Waals surface area contributed by atoms with E-state index in [1.54, 1.807) is 6.92 Å². The van der Waals surface area contributed by atoms with Crippen LogP contribution in [0.5, 0.6) is 0 Å². The van der Waals surface area contributed by atoms with E-state index >= 15 is 0 Å². The quantitative estimate of drug-likeness (QED) is 0.836. The number of carboxylic acid groups (broad SMARTS) is 1. The minimum Gasteiger partial charge on any atom is -0.481 e. The predicted octanol–water partition coefficient (Wildman–Crippen LogP) is 1.76. The van der Waals surface area contributed by atoms with Gasteiger partial charge < -0.3 is 10.4 Å². The number of aliphatic carboxylic acids is 1. The van der Waals surface area contributed by atoms with Gasteiger partial charge in [-0.15, -0.1) is 0 Å². The van der Waals surface area contributed by atoms with Gasteiger partial charge in [0.1, 0.15) is 6.54 Å². The number of aryl methyl sites for hydroxylation is 1. The fourth-order valence-corrected chi connectivity index (χ4v) is 2.24. The molecule has 0 aromatic carbocycles. The minimum absolute atomic E-state index is 0.0344. The molecule has 1 aromatic heterocycles. The summed E-state index contributed by atoms with van der Waals surface area (Å²) < 4.78 is 38.2. The standard InChI is InChI=1S/C13H18F3N3O3/c1-7(12(22)17-5-4-10(20)21)11-8(2)18-19(9(11)3)6-13(14,15)16/h7H,4-6H2,1-3H3,(H,17,22)(H,20,21). The number of hydrogen-bond donors (Lipinski definition) is 2. The van der Waals surface area contributed by atoms with E-state index in [1.165, 1.54) is 13.8 Å². The molecule has 0 aliphatic rings. The molecule has 9 heteroatoms. The van der Waals surface area contributed by atoms with E-state index in [-0.39, 0.29) is 18.7 Å². The number of hydrogen-bond acceptors (Lipinski definition) is 3. The van der Waals surface area contributed by atoms with Gasteiger partial charge in [-0.3, -0.25) is 14.3 Å². The molecule has 0 aliphatic carbocycles. The third-order valence-electron chi connectivity index (χ3n) is 3.23. The fraction of sp³-hybridized carbons (Fsp3) is 0.615. The number of nitrogens with zero attached hydrogens (tertiary/aromatic N) is 2. The smallest absolute Gasteiger partial charge is 0.408 e. The van der Waals surface area contributed by atoms with Crippen LogP contribution in [0, 0.1) is 13.8 Å². The number of alkyl halides is 3. The molecule has 6 nitrogen and oxygen atoms in total. The summed E-state index contributed by atoms with van der Waals surface area (Å²) in [4.78, 5) is 22.4. The largest absolute Gasteiger partial charge is 0.481 e. The van der Waals surface area contributed by atoms with Gasteiger partial charge in [0.15, 0.2) is 0 Å². The lowest BCUT2D eigenvalue weighted by molar-refractivity contribution is -0.143. The number of carboxylic acids is 1. The average Bonchev–Trinajstić information content (AvgIpc) is 2.60. The van der Waals surface area contributed by atoms with Crippen LogP contribution < -0.4 is 5.32 Å². The van der Waals surface area contributed by atoms with Crippen molar-refractivity contribution in [3.8, 4) is 0 Å². The van der Waals surface area contributed by atoms with Crippen LogP contribution in [-0.4, -0.2) is 39.5 Å². The lowest BCUT2D eigenvalue weighted by Gasteiger charge is -2.13. The van der Waals surface area contributed by atoms with Gasteiger partial charge in [0, 0.05) is 17.8 Å².